The largest absolute Gasteiger partial charge is 0.348 e. The van der Waals surface area contributed by atoms with E-state index >= 15 is 0 Å². The molecule has 2 heterocycles. The maximum absolute atomic E-state index is 5.94. The number of halogens is 1. The van der Waals surface area contributed by atoms with Crippen molar-refractivity contribution in [3.05, 3.63) is 15.9 Å². The fourth-order valence-corrected chi connectivity index (χ4v) is 4.86. The normalized spacial score (nSPS) is 35.0. The van der Waals surface area contributed by atoms with E-state index < -0.39 is 0 Å². The molecular weight excluding hydrogens is 320 g/mol. The zero-order valence-corrected chi connectivity index (χ0v) is 13.7. The summed E-state index contributed by atoms with van der Waals surface area (Å²) in [5.41, 5.74) is 2.89. The molecule has 110 valence electrons. The molecule has 1 aromatic rings. The van der Waals surface area contributed by atoms with Crippen molar-refractivity contribution < 1.29 is 9.47 Å². The van der Waals surface area contributed by atoms with Crippen molar-refractivity contribution in [2.75, 3.05) is 13.2 Å². The number of hydrogen-bond acceptors (Lipinski definition) is 3. The molecule has 0 N–H and O–H groups in total. The molecule has 0 aromatic carbocycles. The van der Waals surface area contributed by atoms with Crippen molar-refractivity contribution in [2.45, 2.75) is 50.2 Å². The Bertz CT molecular complexity index is 550. The third-order valence-electron chi connectivity index (χ3n) is 5.65. The first-order valence-electron chi connectivity index (χ1n) is 7.54. The van der Waals surface area contributed by atoms with Crippen LogP contribution in [0, 0.1) is 5.92 Å². The van der Waals surface area contributed by atoms with Crippen LogP contribution >= 0.6 is 15.9 Å². The molecule has 2 aliphatic carbocycles. The second kappa shape index (κ2) is 4.31. The molecule has 4 rings (SSSR count). The Labute approximate surface area is 127 Å². The molecule has 4 nitrogen and oxygen atoms in total. The summed E-state index contributed by atoms with van der Waals surface area (Å²) in [7, 11) is 2.02. The molecule has 0 radical (unpaired) electrons. The molecular formula is C15H21BrN2O2. The molecule has 3 aliphatic rings. The second-order valence-electron chi connectivity index (χ2n) is 6.71. The van der Waals surface area contributed by atoms with E-state index in [4.69, 9.17) is 14.6 Å². The van der Waals surface area contributed by atoms with E-state index in [0.29, 0.717) is 5.92 Å². The van der Waals surface area contributed by atoms with Crippen molar-refractivity contribution in [1.82, 2.24) is 9.78 Å². The van der Waals surface area contributed by atoms with Crippen molar-refractivity contribution >= 4 is 15.9 Å². The van der Waals surface area contributed by atoms with Crippen molar-refractivity contribution in [2.24, 2.45) is 13.0 Å². The van der Waals surface area contributed by atoms with E-state index in [1.807, 2.05) is 11.7 Å². The first-order valence-corrected chi connectivity index (χ1v) is 8.33. The van der Waals surface area contributed by atoms with Gasteiger partial charge in [0.25, 0.3) is 0 Å². The van der Waals surface area contributed by atoms with E-state index in [2.05, 4.69) is 22.9 Å². The number of rotatable bonds is 0. The van der Waals surface area contributed by atoms with Gasteiger partial charge in [-0.05, 0) is 41.1 Å². The van der Waals surface area contributed by atoms with Gasteiger partial charge in [0, 0.05) is 30.9 Å². The molecule has 1 aromatic heterocycles. The van der Waals surface area contributed by atoms with Crippen LogP contribution in [0.1, 0.15) is 43.9 Å². The lowest BCUT2D eigenvalue weighted by Gasteiger charge is -2.49. The molecule has 1 aliphatic heterocycles. The lowest BCUT2D eigenvalue weighted by Crippen LogP contribution is -2.49. The maximum Gasteiger partial charge on any atom is 0.168 e. The predicted molar refractivity (Wildman–Crippen MR) is 78.6 cm³/mol. The van der Waals surface area contributed by atoms with Crippen molar-refractivity contribution in [3.8, 4) is 0 Å². The van der Waals surface area contributed by atoms with Crippen LogP contribution in [0.2, 0.25) is 0 Å². The second-order valence-corrected chi connectivity index (χ2v) is 7.46. The number of nitrogens with zero attached hydrogens (tertiary/aromatic N) is 2. The lowest BCUT2D eigenvalue weighted by atomic mass is 9.59. The van der Waals surface area contributed by atoms with Crippen LogP contribution in [0.4, 0.5) is 0 Å². The monoisotopic (exact) mass is 340 g/mol. The fourth-order valence-electron chi connectivity index (χ4n) is 4.39. The number of ether oxygens (including phenoxy) is 2. The van der Waals surface area contributed by atoms with Gasteiger partial charge < -0.3 is 9.47 Å². The standard InChI is InChI=1S/C15H21BrN2O2/c1-14-5-6-15(19-7-8-20-15)9-10(14)3-4-11-12(14)17-18(2)13(11)16/h10H,3-9H2,1-2H3. The topological polar surface area (TPSA) is 36.3 Å². The summed E-state index contributed by atoms with van der Waals surface area (Å²) in [5, 5.41) is 4.81. The number of aromatic nitrogens is 2. The molecule has 0 amide bonds. The molecule has 1 saturated carbocycles. The average molecular weight is 341 g/mol. The van der Waals surface area contributed by atoms with Crippen LogP contribution in [-0.2, 0) is 28.4 Å². The summed E-state index contributed by atoms with van der Waals surface area (Å²) >= 11 is 3.69. The maximum atomic E-state index is 5.94. The van der Waals surface area contributed by atoms with Crippen molar-refractivity contribution in [3.63, 3.8) is 0 Å². The third kappa shape index (κ3) is 1.69. The smallest absolute Gasteiger partial charge is 0.168 e. The van der Waals surface area contributed by atoms with Gasteiger partial charge in [0.05, 0.1) is 18.9 Å². The molecule has 1 spiro atoms. The molecule has 0 bridgehead atoms. The van der Waals surface area contributed by atoms with E-state index in [-0.39, 0.29) is 11.2 Å². The highest BCUT2D eigenvalue weighted by atomic mass is 79.9. The summed E-state index contributed by atoms with van der Waals surface area (Å²) in [5.74, 6) is 0.330. The Hall–Kier alpha value is -0.390. The summed E-state index contributed by atoms with van der Waals surface area (Å²) < 4.78 is 15.0. The molecule has 2 atom stereocenters. The van der Waals surface area contributed by atoms with E-state index in [1.165, 1.54) is 17.7 Å². The molecule has 2 unspecified atom stereocenters. The quantitative estimate of drug-likeness (QED) is 0.728. The van der Waals surface area contributed by atoms with E-state index in [9.17, 15) is 0 Å². The average Bonchev–Trinajstić information content (AvgIpc) is 2.99. The van der Waals surface area contributed by atoms with Crippen LogP contribution in [0.15, 0.2) is 4.60 Å². The zero-order chi connectivity index (χ0) is 14.0. The first-order chi connectivity index (χ1) is 9.54. The number of fused-ring (bicyclic) bond motifs is 3. The minimum Gasteiger partial charge on any atom is -0.348 e. The highest BCUT2D eigenvalue weighted by Gasteiger charge is 2.53. The minimum absolute atomic E-state index is 0.178. The zero-order valence-electron chi connectivity index (χ0n) is 12.1. The first kappa shape index (κ1) is 13.3. The Morgan fingerprint density at radius 1 is 1.30 bits per heavy atom. The summed E-state index contributed by atoms with van der Waals surface area (Å²) in [6, 6.07) is 0. The lowest BCUT2D eigenvalue weighted by molar-refractivity contribution is -0.199. The van der Waals surface area contributed by atoms with Gasteiger partial charge in [-0.15, -0.1) is 0 Å². The predicted octanol–water partition coefficient (Wildman–Crippen LogP) is 2.93. The summed E-state index contributed by atoms with van der Waals surface area (Å²) in [6.07, 6.45) is 5.45. The summed E-state index contributed by atoms with van der Waals surface area (Å²) in [6.45, 7) is 3.89. The molecule has 2 fully saturated rings. The van der Waals surface area contributed by atoms with Gasteiger partial charge in [-0.2, -0.15) is 5.10 Å². The van der Waals surface area contributed by atoms with Gasteiger partial charge in [0.2, 0.25) is 0 Å². The Balaban J connectivity index is 1.71. The Morgan fingerprint density at radius 2 is 2.05 bits per heavy atom. The minimum atomic E-state index is -0.284. The van der Waals surface area contributed by atoms with Gasteiger partial charge in [-0.3, -0.25) is 4.68 Å². The fraction of sp³-hybridized carbons (Fsp3) is 0.800. The van der Waals surface area contributed by atoms with E-state index in [1.54, 1.807) is 0 Å². The van der Waals surface area contributed by atoms with Crippen molar-refractivity contribution in [1.29, 1.82) is 0 Å². The van der Waals surface area contributed by atoms with Gasteiger partial charge in [-0.25, -0.2) is 0 Å². The van der Waals surface area contributed by atoms with Gasteiger partial charge in [-0.1, -0.05) is 6.92 Å². The highest BCUT2D eigenvalue weighted by molar-refractivity contribution is 9.10. The van der Waals surface area contributed by atoms with Crippen LogP contribution in [-0.4, -0.2) is 28.8 Å². The van der Waals surface area contributed by atoms with Crippen LogP contribution in [0.3, 0.4) is 0 Å². The van der Waals surface area contributed by atoms with Crippen LogP contribution < -0.4 is 0 Å². The molecule has 5 heteroatoms. The number of hydrogen-bond donors (Lipinski definition) is 0. The van der Waals surface area contributed by atoms with E-state index in [0.717, 1.165) is 43.5 Å². The highest BCUT2D eigenvalue weighted by Crippen LogP contribution is 2.54. The molecule has 20 heavy (non-hydrogen) atoms. The third-order valence-corrected chi connectivity index (χ3v) is 6.64. The van der Waals surface area contributed by atoms with Crippen LogP contribution in [0.25, 0.3) is 0 Å². The van der Waals surface area contributed by atoms with Gasteiger partial charge >= 0.3 is 0 Å². The Morgan fingerprint density at radius 3 is 2.80 bits per heavy atom. The van der Waals surface area contributed by atoms with Gasteiger partial charge in [0.15, 0.2) is 5.79 Å². The summed E-state index contributed by atoms with van der Waals surface area (Å²) in [4.78, 5) is 0. The SMILES string of the molecule is Cn1nc2c(c1Br)CCC1CC3(CCC21C)OCCO3. The number of aryl methyl sites for hydroxylation is 1. The van der Waals surface area contributed by atoms with Crippen LogP contribution in [0.5, 0.6) is 0 Å². The molecule has 1 saturated heterocycles. The van der Waals surface area contributed by atoms with Gasteiger partial charge in [0.1, 0.15) is 4.60 Å². The Kier molecular flexibility index (Phi) is 2.86.